The molecule has 1 saturated heterocycles. The molecule has 0 amide bonds. The number of pyridine rings is 1. The Morgan fingerprint density at radius 1 is 1.19 bits per heavy atom. The van der Waals surface area contributed by atoms with Crippen molar-refractivity contribution in [2.75, 3.05) is 24.9 Å². The van der Waals surface area contributed by atoms with Crippen molar-refractivity contribution < 1.29 is 34.0 Å². The maximum atomic E-state index is 10.9. The molecule has 14 heteroatoms. The minimum absolute atomic E-state index is 0.310. The lowest BCUT2D eigenvalue weighted by molar-refractivity contribution is -0.0612. The molecule has 4 rings (SSSR count). The molecular weight excluding hydrogens is 431 g/mol. The van der Waals surface area contributed by atoms with Crippen LogP contribution < -0.4 is 4.90 Å². The lowest BCUT2D eigenvalue weighted by Gasteiger charge is -2.18. The van der Waals surface area contributed by atoms with E-state index in [9.17, 15) is 14.8 Å². The maximum absolute atomic E-state index is 10.9. The number of nitrogens with zero attached hydrogens (tertiary/aromatic N) is 6. The fraction of sp³-hybridized carbons (Fsp3) is 0.412. The smallest absolute Gasteiger partial charge is 0.350 e. The first-order chi connectivity index (χ1) is 14.8. The predicted octanol–water partition coefficient (Wildman–Crippen LogP) is -0.240. The van der Waals surface area contributed by atoms with E-state index in [1.165, 1.54) is 17.2 Å². The number of anilines is 2. The number of hydrogen-bond acceptors (Lipinski definition) is 10. The molecule has 1 aliphatic heterocycles. The van der Waals surface area contributed by atoms with Crippen LogP contribution in [0.5, 0.6) is 0 Å². The van der Waals surface area contributed by atoms with Gasteiger partial charge in [-0.05, 0) is 12.1 Å². The first-order valence-corrected chi connectivity index (χ1v) is 11.0. The highest BCUT2D eigenvalue weighted by Crippen LogP contribution is 2.36. The van der Waals surface area contributed by atoms with Crippen molar-refractivity contribution in [3.05, 3.63) is 37.1 Å². The van der Waals surface area contributed by atoms with Crippen LogP contribution >= 0.6 is 7.60 Å². The molecule has 4 N–H and O–H groups in total. The van der Waals surface area contributed by atoms with E-state index in [2.05, 4.69) is 19.9 Å². The van der Waals surface area contributed by atoms with Gasteiger partial charge in [-0.3, -0.25) is 9.13 Å². The van der Waals surface area contributed by atoms with E-state index in [1.54, 1.807) is 24.2 Å². The monoisotopic (exact) mass is 452 g/mol. The lowest BCUT2D eigenvalue weighted by atomic mass is 10.1. The number of aliphatic hydroxyl groups excluding tert-OH is 2. The molecule has 0 aromatic carbocycles. The molecule has 13 nitrogen and oxygen atoms in total. The van der Waals surface area contributed by atoms with E-state index in [4.69, 9.17) is 19.3 Å². The van der Waals surface area contributed by atoms with Crippen LogP contribution in [-0.2, 0) is 14.0 Å². The first kappa shape index (κ1) is 21.7. The maximum Gasteiger partial charge on any atom is 0.350 e. The van der Waals surface area contributed by atoms with Crippen molar-refractivity contribution in [1.82, 2.24) is 24.5 Å². The van der Waals surface area contributed by atoms with Gasteiger partial charge in [-0.25, -0.2) is 19.9 Å². The van der Waals surface area contributed by atoms with Crippen LogP contribution in [0.3, 0.4) is 0 Å². The molecule has 0 bridgehead atoms. The van der Waals surface area contributed by atoms with Gasteiger partial charge in [0, 0.05) is 13.2 Å². The summed E-state index contributed by atoms with van der Waals surface area (Å²) in [6.07, 6.45) is -1.12. The zero-order valence-electron chi connectivity index (χ0n) is 16.3. The van der Waals surface area contributed by atoms with Crippen LogP contribution in [0.25, 0.3) is 11.2 Å². The molecule has 0 saturated carbocycles. The normalized spacial score (nSPS) is 24.0. The largest absolute Gasteiger partial charge is 0.387 e. The Labute approximate surface area is 176 Å². The van der Waals surface area contributed by atoms with E-state index in [0.29, 0.717) is 22.8 Å². The van der Waals surface area contributed by atoms with E-state index < -0.39 is 38.5 Å². The molecule has 0 aliphatic carbocycles. The highest BCUT2D eigenvalue weighted by atomic mass is 31.2. The summed E-state index contributed by atoms with van der Waals surface area (Å²) in [6.45, 7) is -0.310. The summed E-state index contributed by atoms with van der Waals surface area (Å²) in [5.41, 5.74) is 0.794. The predicted molar refractivity (Wildman–Crippen MR) is 106 cm³/mol. The van der Waals surface area contributed by atoms with Crippen molar-refractivity contribution in [1.29, 1.82) is 0 Å². The summed E-state index contributed by atoms with van der Waals surface area (Å²) in [4.78, 5) is 36.7. The van der Waals surface area contributed by atoms with Crippen LogP contribution in [0.4, 0.5) is 11.6 Å². The van der Waals surface area contributed by atoms with Crippen LogP contribution in [0.15, 0.2) is 37.1 Å². The van der Waals surface area contributed by atoms with Gasteiger partial charge in [0.15, 0.2) is 23.2 Å². The zero-order valence-corrected chi connectivity index (χ0v) is 17.2. The van der Waals surface area contributed by atoms with Gasteiger partial charge < -0.3 is 34.4 Å². The average molecular weight is 452 g/mol. The quantitative estimate of drug-likeness (QED) is 0.347. The highest BCUT2D eigenvalue weighted by Gasteiger charge is 2.44. The molecule has 0 unspecified atom stereocenters. The van der Waals surface area contributed by atoms with Crippen LogP contribution in [0.2, 0.25) is 0 Å². The second-order valence-corrected chi connectivity index (χ2v) is 8.57. The Bertz CT molecular complexity index is 1090. The molecule has 3 aromatic heterocycles. The summed E-state index contributed by atoms with van der Waals surface area (Å²) < 4.78 is 23.0. The van der Waals surface area contributed by atoms with E-state index in [1.807, 2.05) is 12.1 Å². The van der Waals surface area contributed by atoms with Crippen LogP contribution in [0.1, 0.15) is 6.23 Å². The van der Waals surface area contributed by atoms with E-state index >= 15 is 0 Å². The number of imidazole rings is 1. The van der Waals surface area contributed by atoms with Gasteiger partial charge in [0.05, 0.1) is 12.9 Å². The van der Waals surface area contributed by atoms with Crippen molar-refractivity contribution in [3.8, 4) is 0 Å². The average Bonchev–Trinajstić information content (AvgIpc) is 3.29. The van der Waals surface area contributed by atoms with Gasteiger partial charge in [-0.15, -0.1) is 0 Å². The third kappa shape index (κ3) is 4.43. The Balaban J connectivity index is 1.58. The Hall–Kier alpha value is -2.51. The third-order valence-corrected chi connectivity index (χ3v) is 5.32. The van der Waals surface area contributed by atoms with Crippen molar-refractivity contribution in [3.63, 3.8) is 0 Å². The van der Waals surface area contributed by atoms with Gasteiger partial charge >= 0.3 is 7.60 Å². The Morgan fingerprint density at radius 3 is 2.71 bits per heavy atom. The SMILES string of the molecule is CN(c1ccccn1)c1ncnc2c1ncn2[C@@H]1O[C@H](COCP(=O)(O)O)[C@@H](O)[C@H]1O. The number of hydrogen-bond donors (Lipinski definition) is 4. The van der Waals surface area contributed by atoms with Crippen LogP contribution in [0, 0.1) is 0 Å². The molecule has 0 radical (unpaired) electrons. The highest BCUT2D eigenvalue weighted by molar-refractivity contribution is 7.51. The lowest BCUT2D eigenvalue weighted by Crippen LogP contribution is -2.33. The fourth-order valence-electron chi connectivity index (χ4n) is 3.32. The Kier molecular flexibility index (Phi) is 5.99. The molecule has 31 heavy (non-hydrogen) atoms. The van der Waals surface area contributed by atoms with E-state index in [0.717, 1.165) is 0 Å². The third-order valence-electron chi connectivity index (χ3n) is 4.80. The molecule has 1 fully saturated rings. The zero-order chi connectivity index (χ0) is 22.2. The minimum atomic E-state index is -4.36. The molecular formula is C17H21N6O7P. The summed E-state index contributed by atoms with van der Waals surface area (Å²) in [6, 6.07) is 5.45. The molecule has 4 heterocycles. The molecule has 1 aliphatic rings. The van der Waals surface area contributed by atoms with E-state index in [-0.39, 0.29) is 6.61 Å². The van der Waals surface area contributed by atoms with Gasteiger partial charge in [0.1, 0.15) is 36.8 Å². The first-order valence-electron chi connectivity index (χ1n) is 9.22. The summed E-state index contributed by atoms with van der Waals surface area (Å²) >= 11 is 0. The van der Waals surface area contributed by atoms with Crippen molar-refractivity contribution >= 4 is 30.4 Å². The Morgan fingerprint density at radius 2 is 2.00 bits per heavy atom. The molecule has 3 aromatic rings. The van der Waals surface area contributed by atoms with Gasteiger partial charge in [0.2, 0.25) is 0 Å². The fourth-order valence-corrected chi connectivity index (χ4v) is 3.66. The van der Waals surface area contributed by atoms with Gasteiger partial charge in [-0.1, -0.05) is 6.07 Å². The second kappa shape index (κ2) is 8.55. The molecule has 166 valence electrons. The molecule has 0 spiro atoms. The van der Waals surface area contributed by atoms with Crippen molar-refractivity contribution in [2.24, 2.45) is 0 Å². The van der Waals surface area contributed by atoms with Gasteiger partial charge in [0.25, 0.3) is 0 Å². The topological polar surface area (TPSA) is 176 Å². The summed E-state index contributed by atoms with van der Waals surface area (Å²) in [5, 5.41) is 20.8. The standard InChI is InChI=1S/C17H21N6O7P/c1-22(11-4-2-3-5-18-11)15-12-16(20-7-19-15)23(8-21-12)17-14(25)13(24)10(30-17)6-29-9-31(26,27)28/h2-5,7-8,10,13-14,17,24-25H,6,9H2,1H3,(H2,26,27,28)/t10-,13-,14-,17-/m1/s1. The second-order valence-electron chi connectivity index (χ2n) is 6.98. The minimum Gasteiger partial charge on any atom is -0.387 e. The number of fused-ring (bicyclic) bond motifs is 1. The summed E-state index contributed by atoms with van der Waals surface area (Å²) in [7, 11) is -2.58. The number of aromatic nitrogens is 5. The number of aliphatic hydroxyl groups is 2. The number of rotatable bonds is 7. The number of ether oxygens (including phenoxy) is 2. The molecule has 4 atom stereocenters. The van der Waals surface area contributed by atoms with Gasteiger partial charge in [-0.2, -0.15) is 0 Å². The van der Waals surface area contributed by atoms with Crippen molar-refractivity contribution in [2.45, 2.75) is 24.5 Å². The summed E-state index contributed by atoms with van der Waals surface area (Å²) in [5.74, 6) is 1.13. The van der Waals surface area contributed by atoms with Crippen LogP contribution in [-0.4, -0.2) is 82.8 Å².